The molecule has 0 atom stereocenters. The van der Waals surface area contributed by atoms with E-state index in [0.29, 0.717) is 76.7 Å². The van der Waals surface area contributed by atoms with Crippen molar-refractivity contribution < 1.29 is 117 Å². The Labute approximate surface area is 659 Å². The Morgan fingerprint density at radius 2 is 1.38 bits per heavy atom. The minimum absolute atomic E-state index is 0. The first kappa shape index (κ1) is 85.8. The van der Waals surface area contributed by atoms with E-state index in [4.69, 9.17) is 23.8 Å². The third-order valence-electron chi connectivity index (χ3n) is 16.3. The van der Waals surface area contributed by atoms with E-state index in [-0.39, 0.29) is 114 Å². The number of ether oxygens (including phenoxy) is 5. The summed E-state index contributed by atoms with van der Waals surface area (Å²) in [6.07, 6.45) is 6.36. The molecule has 5 aromatic carbocycles. The number of hydrogen-bond donors (Lipinski definition) is 4. The molecule has 32 nitrogen and oxygen atoms in total. The number of carbonyl (C=O) groups excluding carboxylic acids is 6. The van der Waals surface area contributed by atoms with Crippen molar-refractivity contribution in [1.29, 1.82) is 0 Å². The molecule has 4 amide bonds. The van der Waals surface area contributed by atoms with E-state index in [9.17, 15) is 63.9 Å². The third-order valence-corrected chi connectivity index (χ3v) is 20.8. The first-order chi connectivity index (χ1) is 50.5. The maximum Gasteiger partial charge on any atom is 1.00 e. The zero-order valence-corrected chi connectivity index (χ0v) is 68.3. The summed E-state index contributed by atoms with van der Waals surface area (Å²) < 4.78 is 110. The molecule has 1 saturated carbocycles. The number of amides is 4. The number of sulfone groups is 1. The van der Waals surface area contributed by atoms with Gasteiger partial charge in [-0.05, 0) is 179 Å². The average Bonchev–Trinajstić information content (AvgIpc) is 1.58. The summed E-state index contributed by atoms with van der Waals surface area (Å²) in [5.41, 5.74) is 5.89. The second-order valence-electron chi connectivity index (χ2n) is 25.2. The van der Waals surface area contributed by atoms with Crippen LogP contribution in [0, 0.1) is 29.8 Å². The minimum atomic E-state index is -4.51. The largest absolute Gasteiger partial charge is 1.00 e. The number of urea groups is 1. The quantitative estimate of drug-likeness (QED) is 0.0335. The monoisotopic (exact) mass is 1670 g/mol. The molecule has 0 spiro atoms. The number of ketones is 1. The SMILES string of the molecule is CCc1cc(C)cc(CC)c1-c1c(OC(=O)C(C)(C)C)n2n(c1=O)CCOCC2.COC(=O)c1ccc(I)cc1S(=O)(=O)[N-]C(=O)Nc1nc(C)nc(OC)n1.COc1ccccc1C(=O)NS(=O)(=O)c1ccc(C(=O)NC2CC2)cc1.Cc1c(C(=O)c2cnn(C)c2O)ccc(S(C)(=O)=O)c1C1=NOCC1.[Na+]. The number of carbonyl (C=O) groups is 6. The molecule has 11 rings (SSSR count). The van der Waals surface area contributed by atoms with Gasteiger partial charge in [0.25, 0.3) is 27.4 Å². The van der Waals surface area contributed by atoms with Crippen molar-refractivity contribution in [3.8, 4) is 34.6 Å². The molecule has 0 saturated heterocycles. The van der Waals surface area contributed by atoms with Gasteiger partial charge >= 0.3 is 47.5 Å². The standard InChI is InChI=1S/C23H32N2O4.C18H18N2O5S.C16H17N3O5S.C14H14IN5O6S.Na/c1-7-16-13-15(3)14-17(8-2)18(16)19-20(26)24-9-11-28-12-10-25(24)21(19)29-22(27)23(4,5)6;1-25-16-5-3-2-4-15(16)18(22)20-26(23,24)14-10-6-12(7-11-14)17(21)19-13-8-9-13;1-9-10(15(20)11-8-17-19(2)16(11)21)4-5-13(25(3,22)23)14(9)12-6-7-24-18-12;1-7-16-12(19-14(17-7)26-3)18-13(22)20-27(23,24)10-6-8(15)4-5-9(10)11(21)25-2;/h13-14H,7-12H2,1-6H3;2-7,10-11,13H,8-9H2,1H3,(H,19,21)(H,20,22);4-5,8,21H,6-7H2,1-3H3;4-6H,1-3H3,(H2,16,17,18,19,20,22);/q;;;;+1/p-1. The molecule has 37 heteroatoms. The number of rotatable bonds is 19. The number of benzene rings is 5. The van der Waals surface area contributed by atoms with Gasteiger partial charge in [-0.2, -0.15) is 15.1 Å². The number of methoxy groups -OCH3 is 3. The molecule has 4 N–H and O–H groups in total. The van der Waals surface area contributed by atoms with Crippen LogP contribution in [-0.2, 0) is 82.0 Å². The van der Waals surface area contributed by atoms with E-state index in [1.165, 1.54) is 105 Å². The topological polar surface area (TPSA) is 426 Å². The van der Waals surface area contributed by atoms with Gasteiger partial charge in [0.1, 0.15) is 29.3 Å². The molecular formula is C71H80IN12NaO20S3. The van der Waals surface area contributed by atoms with Crippen molar-refractivity contribution in [3.63, 3.8) is 0 Å². The molecule has 8 aromatic rings. The van der Waals surface area contributed by atoms with Gasteiger partial charge in [-0.1, -0.05) is 48.8 Å². The summed E-state index contributed by atoms with van der Waals surface area (Å²) in [6, 6.07) is 21.7. The summed E-state index contributed by atoms with van der Waals surface area (Å²) >= 11 is 1.86. The molecule has 0 bridgehead atoms. The van der Waals surface area contributed by atoms with Gasteiger partial charge in [-0.3, -0.25) is 28.8 Å². The number of sulfonamides is 2. The van der Waals surface area contributed by atoms with Gasteiger partial charge in [-0.25, -0.2) is 53.8 Å². The van der Waals surface area contributed by atoms with Crippen LogP contribution in [0.3, 0.4) is 0 Å². The summed E-state index contributed by atoms with van der Waals surface area (Å²) in [6.45, 7) is 17.1. The fourth-order valence-corrected chi connectivity index (χ4v) is 14.5. The van der Waals surface area contributed by atoms with Gasteiger partial charge in [-0.15, -0.1) is 0 Å². The van der Waals surface area contributed by atoms with Gasteiger partial charge in [0.2, 0.25) is 21.8 Å². The molecule has 0 unspecified atom stereocenters. The Balaban J connectivity index is 0.000000200. The van der Waals surface area contributed by atoms with Gasteiger partial charge < -0.3 is 49.0 Å². The van der Waals surface area contributed by atoms with E-state index in [1.807, 2.05) is 48.1 Å². The fraction of sp³-hybridized carbons (Fsp3) is 0.352. The average molecular weight is 1670 g/mol. The molecule has 0 radical (unpaired) electrons. The summed E-state index contributed by atoms with van der Waals surface area (Å²) in [5, 5.41) is 22.7. The maximum absolute atomic E-state index is 13.5. The van der Waals surface area contributed by atoms with Gasteiger partial charge in [0, 0.05) is 46.0 Å². The maximum atomic E-state index is 13.5. The molecule has 3 aromatic heterocycles. The summed E-state index contributed by atoms with van der Waals surface area (Å²) in [5.74, 6) is -2.34. The predicted octanol–water partition coefficient (Wildman–Crippen LogP) is 5.51. The number of esters is 2. The Morgan fingerprint density at radius 3 is 1.94 bits per heavy atom. The number of aromatic nitrogens is 7. The molecule has 570 valence electrons. The number of halogens is 1. The number of para-hydroxylation sites is 1. The number of fused-ring (bicyclic) bond motifs is 1. The number of oxime groups is 1. The number of hydrogen-bond acceptors (Lipinski definition) is 25. The Kier molecular flexibility index (Phi) is 29.1. The van der Waals surface area contributed by atoms with Crippen LogP contribution in [0.1, 0.15) is 135 Å². The fourth-order valence-electron chi connectivity index (χ4n) is 10.8. The van der Waals surface area contributed by atoms with Crippen LogP contribution in [-0.4, -0.2) is 159 Å². The Bertz CT molecular complexity index is 5190. The van der Waals surface area contributed by atoms with Crippen molar-refractivity contribution in [2.24, 2.45) is 17.6 Å². The van der Waals surface area contributed by atoms with E-state index < -0.39 is 63.9 Å². The smallest absolute Gasteiger partial charge is 0.496 e. The van der Waals surface area contributed by atoms with Crippen molar-refractivity contribution in [2.75, 3.05) is 52.7 Å². The van der Waals surface area contributed by atoms with E-state index in [0.717, 1.165) is 55.7 Å². The van der Waals surface area contributed by atoms with E-state index in [1.54, 1.807) is 34.5 Å². The van der Waals surface area contributed by atoms with E-state index >= 15 is 0 Å². The van der Waals surface area contributed by atoms with Gasteiger partial charge in [0.15, 0.2) is 27.6 Å². The molecule has 108 heavy (non-hydrogen) atoms. The van der Waals surface area contributed by atoms with Crippen LogP contribution >= 0.6 is 22.6 Å². The first-order valence-electron chi connectivity index (χ1n) is 33.1. The Morgan fingerprint density at radius 1 is 0.741 bits per heavy atom. The number of aromatic hydroxyl groups is 1. The van der Waals surface area contributed by atoms with Crippen molar-refractivity contribution in [2.45, 2.75) is 121 Å². The molecule has 1 aliphatic carbocycles. The Hall–Kier alpha value is -9.44. The molecule has 2 aliphatic heterocycles. The molecule has 1 fully saturated rings. The van der Waals surface area contributed by atoms with Crippen molar-refractivity contribution in [1.82, 2.24) is 44.1 Å². The van der Waals surface area contributed by atoms with Crippen molar-refractivity contribution in [3.05, 3.63) is 177 Å². The van der Waals surface area contributed by atoms with E-state index in [2.05, 4.69) is 78.2 Å². The van der Waals surface area contributed by atoms with Crippen LogP contribution < -0.4 is 64.7 Å². The second-order valence-corrected chi connectivity index (χ2v) is 31.7. The zero-order chi connectivity index (χ0) is 78.6. The molecular weight excluding hydrogens is 1590 g/mol. The van der Waals surface area contributed by atoms with Crippen LogP contribution in [0.25, 0.3) is 15.8 Å². The zero-order valence-electron chi connectivity index (χ0n) is 61.7. The van der Waals surface area contributed by atoms with Gasteiger partial charge in [0.05, 0.1) is 90.8 Å². The van der Waals surface area contributed by atoms with Crippen LogP contribution in [0.4, 0.5) is 10.7 Å². The van der Waals surface area contributed by atoms with Crippen LogP contribution in [0.5, 0.6) is 23.5 Å². The minimum Gasteiger partial charge on any atom is -0.496 e. The van der Waals surface area contributed by atoms with Crippen LogP contribution in [0.2, 0.25) is 0 Å². The summed E-state index contributed by atoms with van der Waals surface area (Å²) in [4.78, 5) is 103. The number of nitrogens with zero attached hydrogens (tertiary/aromatic N) is 9. The third kappa shape index (κ3) is 21.1. The normalized spacial score (nSPS) is 13.2. The summed E-state index contributed by atoms with van der Waals surface area (Å²) in [7, 11) is -6.76. The predicted molar refractivity (Wildman–Crippen MR) is 399 cm³/mol. The van der Waals surface area contributed by atoms with Crippen LogP contribution in [0.15, 0.2) is 122 Å². The van der Waals surface area contributed by atoms with Crippen molar-refractivity contribution >= 4 is 99.7 Å². The molecule has 5 heterocycles. The number of nitrogens with one attached hydrogen (secondary N) is 3. The molecule has 3 aliphatic rings. The number of anilines is 1. The number of aryl methyl sites for hydroxylation is 5. The first-order valence-corrected chi connectivity index (χ1v) is 39.0. The second kappa shape index (κ2) is 36.6.